The molecule has 1 rings (SSSR count). The van der Waals surface area contributed by atoms with E-state index in [0.717, 1.165) is 12.1 Å². The van der Waals surface area contributed by atoms with Gasteiger partial charge in [-0.05, 0) is 32.6 Å². The summed E-state index contributed by atoms with van der Waals surface area (Å²) in [5.41, 5.74) is 0.804. The fraction of sp³-hybridized carbons (Fsp3) is 0.786. The molecule has 0 aliphatic carbocycles. The van der Waals surface area contributed by atoms with Gasteiger partial charge in [0.25, 0.3) is 5.91 Å². The van der Waals surface area contributed by atoms with Gasteiger partial charge in [-0.2, -0.15) is 5.10 Å². The maximum absolute atomic E-state index is 12.2. The fourth-order valence-electron chi connectivity index (χ4n) is 2.04. The second-order valence-corrected chi connectivity index (χ2v) is 5.28. The van der Waals surface area contributed by atoms with Crippen LogP contribution in [-0.2, 0) is 14.3 Å². The molecule has 1 aliphatic heterocycles. The van der Waals surface area contributed by atoms with Crippen molar-refractivity contribution in [2.75, 3.05) is 13.2 Å². The first kappa shape index (κ1) is 15.7. The van der Waals surface area contributed by atoms with E-state index in [1.165, 1.54) is 0 Å². The highest BCUT2D eigenvalue weighted by Gasteiger charge is 2.33. The number of carbonyl (C=O) groups excluding carboxylic acids is 2. The summed E-state index contributed by atoms with van der Waals surface area (Å²) in [7, 11) is 0. The molecule has 1 heterocycles. The van der Waals surface area contributed by atoms with E-state index in [0.29, 0.717) is 25.5 Å². The lowest BCUT2D eigenvalue weighted by atomic mass is 9.98. The van der Waals surface area contributed by atoms with Crippen LogP contribution in [0.5, 0.6) is 0 Å². The predicted molar refractivity (Wildman–Crippen MR) is 73.6 cm³/mol. The Morgan fingerprint density at radius 1 is 1.47 bits per heavy atom. The molecular formula is C14H24N2O3. The number of hydrogen-bond donors (Lipinski definition) is 0. The second kappa shape index (κ2) is 7.26. The van der Waals surface area contributed by atoms with Crippen LogP contribution >= 0.6 is 0 Å². The minimum atomic E-state index is -0.253. The third-order valence-corrected chi connectivity index (χ3v) is 3.20. The third kappa shape index (κ3) is 4.65. The van der Waals surface area contributed by atoms with Gasteiger partial charge in [-0.15, -0.1) is 0 Å². The molecule has 0 fully saturated rings. The van der Waals surface area contributed by atoms with Gasteiger partial charge < -0.3 is 4.74 Å². The van der Waals surface area contributed by atoms with E-state index in [9.17, 15) is 9.59 Å². The first-order valence-electron chi connectivity index (χ1n) is 6.97. The van der Waals surface area contributed by atoms with Crippen LogP contribution in [0.25, 0.3) is 0 Å². The normalized spacial score (nSPS) is 19.0. The number of hydrazone groups is 1. The molecule has 1 amide bonds. The van der Waals surface area contributed by atoms with E-state index >= 15 is 0 Å². The number of nitrogens with zero attached hydrogens (tertiary/aromatic N) is 2. The monoisotopic (exact) mass is 268 g/mol. The summed E-state index contributed by atoms with van der Waals surface area (Å²) in [4.78, 5) is 23.5. The molecule has 19 heavy (non-hydrogen) atoms. The van der Waals surface area contributed by atoms with Gasteiger partial charge in [-0.1, -0.05) is 13.8 Å². The van der Waals surface area contributed by atoms with Crippen molar-refractivity contribution in [3.05, 3.63) is 0 Å². The molecule has 0 spiro atoms. The minimum absolute atomic E-state index is 0.0162. The highest BCUT2D eigenvalue weighted by molar-refractivity contribution is 6.07. The first-order chi connectivity index (χ1) is 8.95. The molecule has 0 aromatic rings. The van der Waals surface area contributed by atoms with E-state index in [1.54, 1.807) is 11.9 Å². The maximum atomic E-state index is 12.2. The standard InChI is InChI=1S/C14H24N2O3/c1-5-19-13(17)7-6-12-11(4)15-16(14(12)18)9-8-10(2)3/h10,12H,5-9H2,1-4H3. The molecular weight excluding hydrogens is 244 g/mol. The van der Waals surface area contributed by atoms with Crippen molar-refractivity contribution >= 4 is 17.6 Å². The average Bonchev–Trinajstić information content (AvgIpc) is 2.60. The Hall–Kier alpha value is -1.39. The van der Waals surface area contributed by atoms with Gasteiger partial charge in [0.2, 0.25) is 0 Å². The summed E-state index contributed by atoms with van der Waals surface area (Å²) < 4.78 is 4.87. The number of carbonyl (C=O) groups is 2. The maximum Gasteiger partial charge on any atom is 0.305 e. The molecule has 0 saturated heterocycles. The van der Waals surface area contributed by atoms with E-state index in [-0.39, 0.29) is 24.2 Å². The summed E-state index contributed by atoms with van der Waals surface area (Å²) in [6.45, 7) is 8.90. The van der Waals surface area contributed by atoms with E-state index in [1.807, 2.05) is 6.92 Å². The Morgan fingerprint density at radius 3 is 2.74 bits per heavy atom. The molecule has 108 valence electrons. The lowest BCUT2D eigenvalue weighted by molar-refractivity contribution is -0.143. The van der Waals surface area contributed by atoms with Crippen LogP contribution in [0.1, 0.15) is 47.0 Å². The van der Waals surface area contributed by atoms with Crippen molar-refractivity contribution in [3.8, 4) is 0 Å². The smallest absolute Gasteiger partial charge is 0.305 e. The van der Waals surface area contributed by atoms with Crippen molar-refractivity contribution in [1.29, 1.82) is 0 Å². The van der Waals surface area contributed by atoms with Crippen molar-refractivity contribution < 1.29 is 14.3 Å². The molecule has 1 atom stereocenters. The van der Waals surface area contributed by atoms with Gasteiger partial charge in [-0.25, -0.2) is 5.01 Å². The van der Waals surface area contributed by atoms with E-state index < -0.39 is 0 Å². The molecule has 1 aliphatic rings. The Bertz CT molecular complexity index is 364. The van der Waals surface area contributed by atoms with E-state index in [2.05, 4.69) is 18.9 Å². The van der Waals surface area contributed by atoms with Crippen LogP contribution in [-0.4, -0.2) is 35.7 Å². The van der Waals surface area contributed by atoms with Gasteiger partial charge in [-0.3, -0.25) is 9.59 Å². The summed E-state index contributed by atoms with van der Waals surface area (Å²) in [6, 6.07) is 0. The average molecular weight is 268 g/mol. The highest BCUT2D eigenvalue weighted by atomic mass is 16.5. The molecule has 5 heteroatoms. The Labute approximate surface area is 115 Å². The number of hydrogen-bond acceptors (Lipinski definition) is 4. The van der Waals surface area contributed by atoms with Crippen LogP contribution in [0, 0.1) is 11.8 Å². The molecule has 0 radical (unpaired) electrons. The van der Waals surface area contributed by atoms with Gasteiger partial charge >= 0.3 is 5.97 Å². The zero-order valence-corrected chi connectivity index (χ0v) is 12.3. The molecule has 0 N–H and O–H groups in total. The zero-order chi connectivity index (χ0) is 14.4. The van der Waals surface area contributed by atoms with Gasteiger partial charge in [0.15, 0.2) is 0 Å². The van der Waals surface area contributed by atoms with E-state index in [4.69, 9.17) is 4.74 Å². The number of esters is 1. The molecule has 0 bridgehead atoms. The van der Waals surface area contributed by atoms with Crippen molar-refractivity contribution in [2.45, 2.75) is 47.0 Å². The molecule has 0 aromatic heterocycles. The van der Waals surface area contributed by atoms with Crippen LogP contribution < -0.4 is 0 Å². The zero-order valence-electron chi connectivity index (χ0n) is 12.3. The highest BCUT2D eigenvalue weighted by Crippen LogP contribution is 2.21. The second-order valence-electron chi connectivity index (χ2n) is 5.28. The quantitative estimate of drug-likeness (QED) is 0.665. The number of ether oxygens (including phenoxy) is 1. The lowest BCUT2D eigenvalue weighted by Crippen LogP contribution is -2.29. The summed E-state index contributed by atoms with van der Waals surface area (Å²) in [5.74, 6) is 0.0598. The third-order valence-electron chi connectivity index (χ3n) is 3.20. The lowest BCUT2D eigenvalue weighted by Gasteiger charge is -2.15. The molecule has 0 aromatic carbocycles. The van der Waals surface area contributed by atoms with Gasteiger partial charge in [0.05, 0.1) is 12.5 Å². The Morgan fingerprint density at radius 2 is 2.16 bits per heavy atom. The van der Waals surface area contributed by atoms with Crippen molar-refractivity contribution in [3.63, 3.8) is 0 Å². The molecule has 1 unspecified atom stereocenters. The Balaban J connectivity index is 2.46. The summed E-state index contributed by atoms with van der Waals surface area (Å²) >= 11 is 0. The van der Waals surface area contributed by atoms with Crippen LogP contribution in [0.3, 0.4) is 0 Å². The van der Waals surface area contributed by atoms with Gasteiger partial charge in [0.1, 0.15) is 0 Å². The van der Waals surface area contributed by atoms with Crippen molar-refractivity contribution in [2.24, 2.45) is 16.9 Å². The predicted octanol–water partition coefficient (Wildman–Crippen LogP) is 2.21. The topological polar surface area (TPSA) is 59.0 Å². The Kier molecular flexibility index (Phi) is 5.99. The van der Waals surface area contributed by atoms with Gasteiger partial charge in [0, 0.05) is 18.7 Å². The summed E-state index contributed by atoms with van der Waals surface area (Å²) in [6.07, 6.45) is 1.70. The SMILES string of the molecule is CCOC(=O)CCC1C(=O)N(CCC(C)C)N=C1C. The molecule has 0 saturated carbocycles. The fourth-order valence-corrected chi connectivity index (χ4v) is 2.04. The number of amides is 1. The minimum Gasteiger partial charge on any atom is -0.466 e. The van der Waals surface area contributed by atoms with Crippen molar-refractivity contribution in [1.82, 2.24) is 5.01 Å². The summed E-state index contributed by atoms with van der Waals surface area (Å²) in [5, 5.41) is 5.84. The van der Waals surface area contributed by atoms with Crippen LogP contribution in [0.4, 0.5) is 0 Å². The van der Waals surface area contributed by atoms with Crippen LogP contribution in [0.2, 0.25) is 0 Å². The van der Waals surface area contributed by atoms with Crippen LogP contribution in [0.15, 0.2) is 5.10 Å². The first-order valence-corrected chi connectivity index (χ1v) is 6.97. The number of rotatable bonds is 7. The largest absolute Gasteiger partial charge is 0.466 e. The molecule has 5 nitrogen and oxygen atoms in total.